The minimum atomic E-state index is -1.24. The lowest BCUT2D eigenvalue weighted by Gasteiger charge is -2.29. The summed E-state index contributed by atoms with van der Waals surface area (Å²) in [6, 6.07) is 0. The number of aliphatic carboxylic acids is 1. The highest BCUT2D eigenvalue weighted by molar-refractivity contribution is 5.71. The molecule has 0 aliphatic rings. The van der Waals surface area contributed by atoms with Crippen molar-refractivity contribution in [1.82, 2.24) is 0 Å². The molecule has 0 saturated carbocycles. The number of carboxylic acid groups (broad SMARTS) is 1. The maximum absolute atomic E-state index is 12.0. The Bertz CT molecular complexity index is 470. The predicted octanol–water partition coefficient (Wildman–Crippen LogP) is 2.97. The van der Waals surface area contributed by atoms with Crippen molar-refractivity contribution in [1.29, 1.82) is 0 Å². The van der Waals surface area contributed by atoms with E-state index >= 15 is 0 Å². The highest BCUT2D eigenvalue weighted by Crippen LogP contribution is 2.12. The molecule has 0 aliphatic carbocycles. The van der Waals surface area contributed by atoms with E-state index in [4.69, 9.17) is 4.74 Å². The van der Waals surface area contributed by atoms with Crippen molar-refractivity contribution >= 4 is 11.9 Å². The van der Waals surface area contributed by atoms with Gasteiger partial charge in [0.1, 0.15) is 6.54 Å². The minimum absolute atomic E-state index is 0.0989. The lowest BCUT2D eigenvalue weighted by Crippen LogP contribution is -2.45. The second-order valence-electron chi connectivity index (χ2n) is 8.98. The lowest BCUT2D eigenvalue weighted by molar-refractivity contribution is -0.873. The van der Waals surface area contributed by atoms with Gasteiger partial charge in [0, 0.05) is 12.4 Å². The van der Waals surface area contributed by atoms with Crippen molar-refractivity contribution in [2.24, 2.45) is 0 Å². The Hall–Kier alpha value is -1.40. The van der Waals surface area contributed by atoms with Gasteiger partial charge >= 0.3 is 5.97 Å². The summed E-state index contributed by atoms with van der Waals surface area (Å²) in [5.74, 6) is -1.80. The van der Waals surface area contributed by atoms with Crippen LogP contribution in [0.25, 0.3) is 0 Å². The fourth-order valence-corrected chi connectivity index (χ4v) is 3.21. The van der Waals surface area contributed by atoms with Crippen LogP contribution in [-0.4, -0.2) is 61.4 Å². The summed E-state index contributed by atoms with van der Waals surface area (Å²) in [5.41, 5.74) is 0. The number of allylic oxidation sites excluding steroid dienone is 2. The van der Waals surface area contributed by atoms with Gasteiger partial charge in [0.25, 0.3) is 0 Å². The van der Waals surface area contributed by atoms with Gasteiger partial charge in [0.15, 0.2) is 6.10 Å². The Kier molecular flexibility index (Phi) is 15.6. The number of hydrogen-bond acceptors (Lipinski definition) is 5. The van der Waals surface area contributed by atoms with Crippen LogP contribution >= 0.6 is 0 Å². The van der Waals surface area contributed by atoms with E-state index in [9.17, 15) is 19.8 Å². The van der Waals surface area contributed by atoms with Crippen molar-refractivity contribution in [3.63, 3.8) is 0 Å². The summed E-state index contributed by atoms with van der Waals surface area (Å²) in [4.78, 5) is 22.9. The first-order chi connectivity index (χ1) is 13.6. The number of unbranched alkanes of at least 4 members (excludes halogenated alkanes) is 7. The van der Waals surface area contributed by atoms with Gasteiger partial charge in [-0.2, -0.15) is 0 Å². The van der Waals surface area contributed by atoms with Crippen molar-refractivity contribution in [2.45, 2.75) is 96.2 Å². The molecule has 6 heteroatoms. The molecule has 0 fully saturated rings. The van der Waals surface area contributed by atoms with Crippen molar-refractivity contribution in [3.05, 3.63) is 12.2 Å². The van der Waals surface area contributed by atoms with Gasteiger partial charge in [-0.1, -0.05) is 51.2 Å². The van der Waals surface area contributed by atoms with Gasteiger partial charge in [-0.15, -0.1) is 0 Å². The normalized spacial score (nSPS) is 14.1. The highest BCUT2D eigenvalue weighted by atomic mass is 16.5. The molecule has 0 radical (unpaired) electrons. The molecule has 1 N–H and O–H groups in total. The Morgan fingerprint density at radius 3 is 2.07 bits per heavy atom. The van der Waals surface area contributed by atoms with Crippen LogP contribution in [0.2, 0.25) is 0 Å². The zero-order valence-electron chi connectivity index (χ0n) is 19.0. The lowest BCUT2D eigenvalue weighted by atomic mass is 10.1. The van der Waals surface area contributed by atoms with Crippen LogP contribution in [0.1, 0.15) is 84.0 Å². The molecule has 0 rings (SSSR count). The largest absolute Gasteiger partial charge is 0.550 e. The molecule has 2 unspecified atom stereocenters. The van der Waals surface area contributed by atoms with Gasteiger partial charge in [-0.25, -0.2) is 0 Å². The minimum Gasteiger partial charge on any atom is -0.550 e. The van der Waals surface area contributed by atoms with Gasteiger partial charge in [-0.05, 0) is 32.1 Å². The van der Waals surface area contributed by atoms with Gasteiger partial charge in [0.05, 0.1) is 33.7 Å². The number of nitrogens with zero attached hydrogens (tertiary/aromatic N) is 1. The van der Waals surface area contributed by atoms with E-state index in [-0.39, 0.29) is 12.8 Å². The number of carbonyl (C=O) groups is 2. The van der Waals surface area contributed by atoms with Crippen molar-refractivity contribution in [3.8, 4) is 0 Å². The third-order valence-corrected chi connectivity index (χ3v) is 4.65. The zero-order valence-corrected chi connectivity index (χ0v) is 19.0. The topological polar surface area (TPSA) is 86.7 Å². The maximum atomic E-state index is 12.0. The predicted molar refractivity (Wildman–Crippen MR) is 114 cm³/mol. The standard InChI is InChI=1S/C23H43NO5/c1-5-6-7-8-9-10-11-12-13-14-15-16-20(25)17-23(28)29-21(18-22(26)27)19-24(2,3)4/h10-11,20-21,25H,5-9,12-19H2,1-4H3. The van der Waals surface area contributed by atoms with E-state index in [1.54, 1.807) is 0 Å². The quantitative estimate of drug-likeness (QED) is 0.162. The number of quaternary nitrogens is 1. The van der Waals surface area contributed by atoms with Gasteiger partial charge in [0.2, 0.25) is 0 Å². The van der Waals surface area contributed by atoms with E-state index < -0.39 is 24.1 Å². The molecule has 0 aromatic rings. The molecule has 0 amide bonds. The van der Waals surface area contributed by atoms with Gasteiger partial charge in [-0.3, -0.25) is 4.79 Å². The Labute approximate surface area is 177 Å². The number of ether oxygens (including phenoxy) is 1. The zero-order chi connectivity index (χ0) is 22.1. The number of carbonyl (C=O) groups excluding carboxylic acids is 2. The van der Waals surface area contributed by atoms with Crippen LogP contribution in [0.4, 0.5) is 0 Å². The molecule has 29 heavy (non-hydrogen) atoms. The average molecular weight is 414 g/mol. The fourth-order valence-electron chi connectivity index (χ4n) is 3.21. The molecule has 0 aromatic carbocycles. The van der Waals surface area contributed by atoms with Crippen LogP contribution in [0.3, 0.4) is 0 Å². The van der Waals surface area contributed by atoms with E-state index in [1.807, 2.05) is 21.1 Å². The number of likely N-dealkylation sites (N-methyl/N-ethyl adjacent to an activating group) is 1. The monoisotopic (exact) mass is 413 g/mol. The Morgan fingerprint density at radius 1 is 0.966 bits per heavy atom. The molecule has 0 heterocycles. The van der Waals surface area contributed by atoms with Crippen molar-refractivity contribution < 1.29 is 29.0 Å². The third kappa shape index (κ3) is 19.7. The molecule has 6 nitrogen and oxygen atoms in total. The van der Waals surface area contributed by atoms with E-state index in [0.29, 0.717) is 17.4 Å². The Morgan fingerprint density at radius 2 is 1.55 bits per heavy atom. The number of aliphatic hydroxyl groups excluding tert-OH is 1. The van der Waals surface area contributed by atoms with Crippen LogP contribution in [0.15, 0.2) is 12.2 Å². The summed E-state index contributed by atoms with van der Waals surface area (Å²) in [5, 5.41) is 20.9. The molecule has 170 valence electrons. The summed E-state index contributed by atoms with van der Waals surface area (Å²) in [7, 11) is 5.69. The summed E-state index contributed by atoms with van der Waals surface area (Å²) < 4.78 is 5.74. The summed E-state index contributed by atoms with van der Waals surface area (Å²) in [6.07, 6.45) is 13.5. The van der Waals surface area contributed by atoms with Gasteiger partial charge < -0.3 is 24.2 Å². The second kappa shape index (κ2) is 16.4. The third-order valence-electron chi connectivity index (χ3n) is 4.65. The summed E-state index contributed by atoms with van der Waals surface area (Å²) in [6.45, 7) is 2.60. The summed E-state index contributed by atoms with van der Waals surface area (Å²) >= 11 is 0. The molecular weight excluding hydrogens is 370 g/mol. The number of rotatable bonds is 18. The molecule has 0 saturated heterocycles. The molecular formula is C23H43NO5. The second-order valence-corrected chi connectivity index (χ2v) is 8.98. The fraction of sp³-hybridized carbons (Fsp3) is 0.826. The number of hydrogen-bond donors (Lipinski definition) is 1. The first-order valence-electron chi connectivity index (χ1n) is 11.2. The average Bonchev–Trinajstić information content (AvgIpc) is 2.57. The number of carboxylic acids is 1. The van der Waals surface area contributed by atoms with E-state index in [0.717, 1.165) is 32.1 Å². The van der Waals surface area contributed by atoms with Crippen LogP contribution in [0.5, 0.6) is 0 Å². The van der Waals surface area contributed by atoms with Crippen LogP contribution in [0, 0.1) is 0 Å². The number of aliphatic hydroxyl groups is 1. The molecule has 0 aromatic heterocycles. The molecule has 0 aliphatic heterocycles. The smallest absolute Gasteiger partial charge is 0.308 e. The number of esters is 1. The van der Waals surface area contributed by atoms with E-state index in [1.165, 1.54) is 25.7 Å². The Balaban J connectivity index is 3.91. The van der Waals surface area contributed by atoms with Crippen LogP contribution < -0.4 is 5.11 Å². The first-order valence-corrected chi connectivity index (χ1v) is 11.2. The SMILES string of the molecule is CCCCCCC=CCCCCCC(O)CC(=O)OC(CC(=O)[O-])C[N+](C)(C)C. The molecule has 0 bridgehead atoms. The van der Waals surface area contributed by atoms with Crippen molar-refractivity contribution in [2.75, 3.05) is 27.7 Å². The molecule has 0 spiro atoms. The maximum Gasteiger partial charge on any atom is 0.308 e. The highest BCUT2D eigenvalue weighted by Gasteiger charge is 2.23. The first kappa shape index (κ1) is 27.6. The van der Waals surface area contributed by atoms with Crippen LogP contribution in [-0.2, 0) is 14.3 Å². The van der Waals surface area contributed by atoms with E-state index in [2.05, 4.69) is 19.1 Å². The molecule has 2 atom stereocenters.